The molecule has 4 rings (SSSR count). The summed E-state index contributed by atoms with van der Waals surface area (Å²) in [6.45, 7) is 9.95. The maximum absolute atomic E-state index is 13.3. The number of hydrogen-bond acceptors (Lipinski definition) is 3. The first-order valence-corrected chi connectivity index (χ1v) is 8.32. The van der Waals surface area contributed by atoms with Gasteiger partial charge in [-0.1, -0.05) is 20.8 Å². The molecule has 5 nitrogen and oxygen atoms in total. The molecule has 3 heterocycles. The molecular weight excluding hydrogens is 305 g/mol. The van der Waals surface area contributed by atoms with Gasteiger partial charge in [-0.2, -0.15) is 0 Å². The van der Waals surface area contributed by atoms with Gasteiger partial charge >= 0.3 is 0 Å². The number of hydrogen-bond donors (Lipinski definition) is 1. The predicted molar refractivity (Wildman–Crippen MR) is 91.1 cm³/mol. The van der Waals surface area contributed by atoms with Crippen molar-refractivity contribution in [3.8, 4) is 0 Å². The summed E-state index contributed by atoms with van der Waals surface area (Å²) in [5.41, 5.74) is 1.95. The van der Waals surface area contributed by atoms with Gasteiger partial charge in [0.1, 0.15) is 17.5 Å². The Balaban J connectivity index is 1.53. The molecule has 0 radical (unpaired) electrons. The molecule has 0 amide bonds. The van der Waals surface area contributed by atoms with Crippen LogP contribution in [0.5, 0.6) is 0 Å². The maximum Gasteiger partial charge on any atom is 0.147 e. The van der Waals surface area contributed by atoms with Gasteiger partial charge in [-0.05, 0) is 29.7 Å². The fourth-order valence-electron chi connectivity index (χ4n) is 3.38. The molecule has 2 aromatic heterocycles. The summed E-state index contributed by atoms with van der Waals surface area (Å²) >= 11 is 0. The van der Waals surface area contributed by atoms with Crippen molar-refractivity contribution < 1.29 is 4.39 Å². The second kappa shape index (κ2) is 5.41. The Morgan fingerprint density at radius 2 is 2.00 bits per heavy atom. The van der Waals surface area contributed by atoms with Crippen molar-refractivity contribution in [2.24, 2.45) is 0 Å². The van der Waals surface area contributed by atoms with Gasteiger partial charge in [0.15, 0.2) is 0 Å². The third-order valence-electron chi connectivity index (χ3n) is 4.54. The second-order valence-electron chi connectivity index (χ2n) is 7.58. The molecule has 0 atom stereocenters. The number of nitrogens with one attached hydrogen (secondary N) is 1. The molecule has 0 bridgehead atoms. The van der Waals surface area contributed by atoms with Crippen molar-refractivity contribution in [1.29, 1.82) is 0 Å². The van der Waals surface area contributed by atoms with E-state index in [2.05, 4.69) is 51.5 Å². The van der Waals surface area contributed by atoms with Crippen LogP contribution in [0.3, 0.4) is 0 Å². The van der Waals surface area contributed by atoms with Gasteiger partial charge in [0.25, 0.3) is 0 Å². The van der Waals surface area contributed by atoms with E-state index in [0.29, 0.717) is 0 Å². The summed E-state index contributed by atoms with van der Waals surface area (Å²) in [4.78, 5) is 5.66. The lowest BCUT2D eigenvalue weighted by molar-refractivity contribution is 0.203. The first-order valence-electron chi connectivity index (χ1n) is 8.32. The number of fused-ring (bicyclic) bond motifs is 2. The highest BCUT2D eigenvalue weighted by Gasteiger charge is 2.27. The van der Waals surface area contributed by atoms with Gasteiger partial charge in [-0.15, -0.1) is 10.2 Å². The molecule has 1 N–H and O–H groups in total. The molecule has 3 aromatic rings. The average molecular weight is 327 g/mol. The zero-order valence-electron chi connectivity index (χ0n) is 14.3. The monoisotopic (exact) mass is 327 g/mol. The van der Waals surface area contributed by atoms with Crippen LogP contribution in [0.25, 0.3) is 10.9 Å². The Labute approximate surface area is 140 Å². The third-order valence-corrected chi connectivity index (χ3v) is 4.54. The summed E-state index contributed by atoms with van der Waals surface area (Å²) in [5, 5.41) is 9.82. The normalized spacial score (nSPS) is 15.8. The van der Waals surface area contributed by atoms with E-state index in [4.69, 9.17) is 0 Å². The number of aromatic amines is 1. The Kier molecular flexibility index (Phi) is 3.46. The minimum atomic E-state index is -0.211. The molecule has 126 valence electrons. The van der Waals surface area contributed by atoms with E-state index in [9.17, 15) is 4.39 Å². The SMILES string of the molecule is CC(C)(C)c1nnc2n1CCN(Cc1cc3ccc(F)cc3[nH]1)C2. The summed E-state index contributed by atoms with van der Waals surface area (Å²) in [6, 6.07) is 6.94. The lowest BCUT2D eigenvalue weighted by Gasteiger charge is -2.29. The number of halogens is 1. The van der Waals surface area contributed by atoms with Crippen LogP contribution in [0, 0.1) is 5.82 Å². The standard InChI is InChI=1S/C18H22FN5/c1-18(2,3)17-22-21-16-11-23(6-7-24(16)17)10-14-8-12-4-5-13(19)9-15(12)20-14/h4-5,8-9,20H,6-7,10-11H2,1-3H3. The molecule has 6 heteroatoms. The second-order valence-corrected chi connectivity index (χ2v) is 7.58. The summed E-state index contributed by atoms with van der Waals surface area (Å²) in [7, 11) is 0. The van der Waals surface area contributed by atoms with Crippen LogP contribution in [0.15, 0.2) is 24.3 Å². The molecule has 24 heavy (non-hydrogen) atoms. The Hall–Kier alpha value is -2.21. The quantitative estimate of drug-likeness (QED) is 0.786. The van der Waals surface area contributed by atoms with E-state index >= 15 is 0 Å². The molecule has 0 saturated heterocycles. The highest BCUT2D eigenvalue weighted by Crippen LogP contribution is 2.24. The van der Waals surface area contributed by atoms with Crippen molar-refractivity contribution in [3.63, 3.8) is 0 Å². The van der Waals surface area contributed by atoms with Gasteiger partial charge < -0.3 is 9.55 Å². The van der Waals surface area contributed by atoms with Crippen LogP contribution in [0.2, 0.25) is 0 Å². The van der Waals surface area contributed by atoms with E-state index < -0.39 is 0 Å². The van der Waals surface area contributed by atoms with Crippen molar-refractivity contribution in [2.75, 3.05) is 6.54 Å². The van der Waals surface area contributed by atoms with Crippen LogP contribution in [0.4, 0.5) is 4.39 Å². The van der Waals surface area contributed by atoms with E-state index in [1.165, 1.54) is 6.07 Å². The van der Waals surface area contributed by atoms with Gasteiger partial charge in [0, 0.05) is 36.3 Å². The minimum absolute atomic E-state index is 0.00860. The fourth-order valence-corrected chi connectivity index (χ4v) is 3.38. The van der Waals surface area contributed by atoms with Crippen LogP contribution >= 0.6 is 0 Å². The highest BCUT2D eigenvalue weighted by molar-refractivity contribution is 5.80. The maximum atomic E-state index is 13.3. The first-order chi connectivity index (χ1) is 11.4. The zero-order valence-corrected chi connectivity index (χ0v) is 14.3. The Bertz CT molecular complexity index is 887. The Morgan fingerprint density at radius 1 is 1.17 bits per heavy atom. The van der Waals surface area contributed by atoms with E-state index in [0.717, 1.165) is 54.4 Å². The first kappa shape index (κ1) is 15.3. The number of H-pyrrole nitrogens is 1. The minimum Gasteiger partial charge on any atom is -0.357 e. The molecule has 1 aliphatic rings. The van der Waals surface area contributed by atoms with E-state index in [1.54, 1.807) is 6.07 Å². The van der Waals surface area contributed by atoms with E-state index in [-0.39, 0.29) is 11.2 Å². The molecule has 0 aliphatic carbocycles. The van der Waals surface area contributed by atoms with Crippen LogP contribution in [0.1, 0.15) is 38.1 Å². The highest BCUT2D eigenvalue weighted by atomic mass is 19.1. The number of aromatic nitrogens is 4. The zero-order chi connectivity index (χ0) is 16.9. The summed E-state index contributed by atoms with van der Waals surface area (Å²) in [5.74, 6) is 1.86. The average Bonchev–Trinajstić information content (AvgIpc) is 3.09. The molecule has 0 spiro atoms. The van der Waals surface area contributed by atoms with Gasteiger partial charge in [0.05, 0.1) is 6.54 Å². The van der Waals surface area contributed by atoms with Gasteiger partial charge in [-0.3, -0.25) is 4.90 Å². The van der Waals surface area contributed by atoms with Crippen molar-refractivity contribution in [1.82, 2.24) is 24.6 Å². The Morgan fingerprint density at radius 3 is 2.79 bits per heavy atom. The molecule has 1 aromatic carbocycles. The summed E-state index contributed by atoms with van der Waals surface area (Å²) < 4.78 is 15.6. The smallest absolute Gasteiger partial charge is 0.147 e. The van der Waals surface area contributed by atoms with Gasteiger partial charge in [-0.25, -0.2) is 4.39 Å². The molecule has 0 saturated carbocycles. The predicted octanol–water partition coefficient (Wildman–Crippen LogP) is 3.21. The molecule has 0 unspecified atom stereocenters. The van der Waals surface area contributed by atoms with Gasteiger partial charge in [0.2, 0.25) is 0 Å². The summed E-state index contributed by atoms with van der Waals surface area (Å²) in [6.07, 6.45) is 0. The van der Waals surface area contributed by atoms with Crippen molar-refractivity contribution in [2.45, 2.75) is 45.8 Å². The topological polar surface area (TPSA) is 49.7 Å². The molecular formula is C18H22FN5. The number of nitrogens with zero attached hydrogens (tertiary/aromatic N) is 4. The lowest BCUT2D eigenvalue weighted by atomic mass is 9.95. The number of benzene rings is 1. The molecule has 1 aliphatic heterocycles. The van der Waals surface area contributed by atoms with Crippen LogP contribution in [-0.2, 0) is 25.0 Å². The largest absolute Gasteiger partial charge is 0.357 e. The van der Waals surface area contributed by atoms with Crippen LogP contribution < -0.4 is 0 Å². The third kappa shape index (κ3) is 2.71. The fraction of sp³-hybridized carbons (Fsp3) is 0.444. The molecule has 0 fully saturated rings. The number of rotatable bonds is 2. The lowest BCUT2D eigenvalue weighted by Crippen LogP contribution is -2.35. The van der Waals surface area contributed by atoms with Crippen molar-refractivity contribution >= 4 is 10.9 Å². The van der Waals surface area contributed by atoms with Crippen LogP contribution in [-0.4, -0.2) is 31.2 Å². The van der Waals surface area contributed by atoms with Crippen molar-refractivity contribution in [3.05, 3.63) is 47.4 Å². The van der Waals surface area contributed by atoms with E-state index in [1.807, 2.05) is 6.07 Å².